The topological polar surface area (TPSA) is 65.8 Å². The number of nitriles is 1. The molecular weight excluding hydrogens is 326 g/mol. The van der Waals surface area contributed by atoms with Gasteiger partial charge in [-0.2, -0.15) is 5.26 Å². The number of rotatable bonds is 3. The Morgan fingerprint density at radius 1 is 1.52 bits per heavy atom. The van der Waals surface area contributed by atoms with Crippen LogP contribution in [0.1, 0.15) is 51.6 Å². The number of nitrogens with zero attached hydrogens (tertiary/aromatic N) is 2. The number of hydrogen-bond donors (Lipinski definition) is 1. The Bertz CT molecular complexity index is 782. The summed E-state index contributed by atoms with van der Waals surface area (Å²) in [4.78, 5) is 18.4. The zero-order valence-electron chi connectivity index (χ0n) is 13.5. The summed E-state index contributed by atoms with van der Waals surface area (Å²) in [6.45, 7) is 6.33. The highest BCUT2D eigenvalue weighted by Crippen LogP contribution is 2.41. The molecule has 3 rings (SSSR count). The van der Waals surface area contributed by atoms with Crippen LogP contribution >= 0.6 is 22.7 Å². The molecular formula is C17H19N3OS2. The van der Waals surface area contributed by atoms with Crippen LogP contribution in [0, 0.1) is 30.1 Å². The number of amides is 1. The zero-order chi connectivity index (χ0) is 16.6. The van der Waals surface area contributed by atoms with E-state index in [0.717, 1.165) is 30.5 Å². The van der Waals surface area contributed by atoms with Gasteiger partial charge in [-0.25, -0.2) is 4.98 Å². The van der Waals surface area contributed by atoms with Crippen LogP contribution in [0.3, 0.4) is 0 Å². The maximum atomic E-state index is 12.4. The summed E-state index contributed by atoms with van der Waals surface area (Å²) in [6, 6.07) is 2.30. The number of aryl methyl sites for hydroxylation is 1. The van der Waals surface area contributed by atoms with Gasteiger partial charge in [-0.3, -0.25) is 4.79 Å². The van der Waals surface area contributed by atoms with Crippen molar-refractivity contribution in [1.29, 1.82) is 5.26 Å². The molecule has 0 spiro atoms. The second kappa shape index (κ2) is 6.42. The molecule has 0 aliphatic heterocycles. The van der Waals surface area contributed by atoms with Crippen molar-refractivity contribution in [2.24, 2.45) is 11.8 Å². The van der Waals surface area contributed by atoms with Gasteiger partial charge in [-0.15, -0.1) is 22.7 Å². The molecule has 0 aromatic carbocycles. The number of nitrogens with one attached hydrogen (secondary N) is 1. The number of anilines is 1. The van der Waals surface area contributed by atoms with E-state index in [1.165, 1.54) is 16.2 Å². The average Bonchev–Trinajstić information content (AvgIpc) is 3.09. The van der Waals surface area contributed by atoms with Crippen LogP contribution in [0.4, 0.5) is 5.00 Å². The van der Waals surface area contributed by atoms with Crippen molar-refractivity contribution in [3.8, 4) is 6.07 Å². The monoisotopic (exact) mass is 345 g/mol. The third-order valence-electron chi connectivity index (χ3n) is 4.54. The fraction of sp³-hybridized carbons (Fsp3) is 0.471. The summed E-state index contributed by atoms with van der Waals surface area (Å²) in [5.74, 6) is 1.15. The van der Waals surface area contributed by atoms with Gasteiger partial charge in [0.25, 0.3) is 5.91 Å². The number of hydrogen-bond acceptors (Lipinski definition) is 5. The van der Waals surface area contributed by atoms with Crippen molar-refractivity contribution in [3.05, 3.63) is 32.1 Å². The van der Waals surface area contributed by atoms with Gasteiger partial charge in [0.05, 0.1) is 16.8 Å². The highest BCUT2D eigenvalue weighted by Gasteiger charge is 2.28. The highest BCUT2D eigenvalue weighted by atomic mass is 32.1. The third-order valence-corrected chi connectivity index (χ3v) is 6.63. The van der Waals surface area contributed by atoms with Gasteiger partial charge in [0.2, 0.25) is 0 Å². The molecule has 0 fully saturated rings. The number of carbonyl (C=O) groups is 1. The molecule has 0 bridgehead atoms. The van der Waals surface area contributed by atoms with Gasteiger partial charge >= 0.3 is 0 Å². The van der Waals surface area contributed by atoms with E-state index in [-0.39, 0.29) is 5.91 Å². The van der Waals surface area contributed by atoms with Gasteiger partial charge in [0.1, 0.15) is 15.9 Å². The first kappa shape index (κ1) is 16.2. The van der Waals surface area contributed by atoms with Crippen LogP contribution in [0.25, 0.3) is 0 Å². The lowest BCUT2D eigenvalue weighted by Gasteiger charge is -2.25. The van der Waals surface area contributed by atoms with Crippen LogP contribution in [0.15, 0.2) is 5.51 Å². The minimum Gasteiger partial charge on any atom is -0.312 e. The Labute approximate surface area is 144 Å². The van der Waals surface area contributed by atoms with Crippen LogP contribution in [0.5, 0.6) is 0 Å². The van der Waals surface area contributed by atoms with E-state index in [2.05, 4.69) is 30.2 Å². The molecule has 2 aromatic heterocycles. The molecule has 1 unspecified atom stereocenters. The van der Waals surface area contributed by atoms with Gasteiger partial charge in [-0.05, 0) is 43.6 Å². The first-order chi connectivity index (χ1) is 11.0. The van der Waals surface area contributed by atoms with Crippen molar-refractivity contribution in [2.45, 2.75) is 40.0 Å². The lowest BCUT2D eigenvalue weighted by Crippen LogP contribution is -2.18. The van der Waals surface area contributed by atoms with Gasteiger partial charge < -0.3 is 5.32 Å². The van der Waals surface area contributed by atoms with E-state index in [0.29, 0.717) is 27.3 Å². The molecule has 120 valence electrons. The molecule has 1 atom stereocenters. The van der Waals surface area contributed by atoms with Crippen molar-refractivity contribution >= 4 is 33.6 Å². The minimum atomic E-state index is -0.166. The van der Waals surface area contributed by atoms with Crippen LogP contribution in [0.2, 0.25) is 0 Å². The molecule has 2 aromatic rings. The van der Waals surface area contributed by atoms with Crippen molar-refractivity contribution in [1.82, 2.24) is 4.98 Å². The van der Waals surface area contributed by atoms with Crippen LogP contribution < -0.4 is 5.32 Å². The molecule has 1 aliphatic carbocycles. The largest absolute Gasteiger partial charge is 0.312 e. The van der Waals surface area contributed by atoms with E-state index >= 15 is 0 Å². The SMILES string of the molecule is Cc1ncsc1C(=O)Nc1sc2c(c1C#N)CCC(C(C)C)C2. The number of thiazole rings is 1. The molecule has 0 saturated carbocycles. The fourth-order valence-corrected chi connectivity index (χ4v) is 5.05. The van der Waals surface area contributed by atoms with Crippen molar-refractivity contribution in [3.63, 3.8) is 0 Å². The summed E-state index contributed by atoms with van der Waals surface area (Å²) in [7, 11) is 0. The molecule has 0 radical (unpaired) electrons. The number of carbonyl (C=O) groups excluding carboxylic acids is 1. The molecule has 4 nitrogen and oxygen atoms in total. The normalized spacial score (nSPS) is 16.9. The maximum Gasteiger partial charge on any atom is 0.268 e. The van der Waals surface area contributed by atoms with Gasteiger partial charge in [0.15, 0.2) is 0 Å². The second-order valence-electron chi connectivity index (χ2n) is 6.29. The predicted molar refractivity (Wildman–Crippen MR) is 94.2 cm³/mol. The first-order valence-electron chi connectivity index (χ1n) is 7.77. The molecule has 1 aliphatic rings. The summed E-state index contributed by atoms with van der Waals surface area (Å²) < 4.78 is 0. The summed E-state index contributed by atoms with van der Waals surface area (Å²) in [5, 5.41) is 13.2. The first-order valence-corrected chi connectivity index (χ1v) is 9.47. The van der Waals surface area contributed by atoms with Crippen LogP contribution in [-0.4, -0.2) is 10.9 Å². The third kappa shape index (κ3) is 3.04. The molecule has 0 saturated heterocycles. The van der Waals surface area contributed by atoms with Gasteiger partial charge in [-0.1, -0.05) is 13.8 Å². The predicted octanol–water partition coefficient (Wildman–Crippen LogP) is 4.40. The number of fused-ring (bicyclic) bond motifs is 1. The Morgan fingerprint density at radius 2 is 2.30 bits per heavy atom. The maximum absolute atomic E-state index is 12.4. The summed E-state index contributed by atoms with van der Waals surface area (Å²) in [6.07, 6.45) is 3.08. The van der Waals surface area contributed by atoms with Crippen LogP contribution in [-0.2, 0) is 12.8 Å². The molecule has 6 heteroatoms. The zero-order valence-corrected chi connectivity index (χ0v) is 15.1. The smallest absolute Gasteiger partial charge is 0.268 e. The quantitative estimate of drug-likeness (QED) is 0.896. The van der Waals surface area contributed by atoms with E-state index in [9.17, 15) is 10.1 Å². The van der Waals surface area contributed by atoms with Gasteiger partial charge in [0, 0.05) is 4.88 Å². The highest BCUT2D eigenvalue weighted by molar-refractivity contribution is 7.17. The lowest BCUT2D eigenvalue weighted by molar-refractivity contribution is 0.103. The number of aromatic nitrogens is 1. The molecule has 23 heavy (non-hydrogen) atoms. The molecule has 1 amide bonds. The second-order valence-corrected chi connectivity index (χ2v) is 8.25. The summed E-state index contributed by atoms with van der Waals surface area (Å²) >= 11 is 2.90. The van der Waals surface area contributed by atoms with Crippen molar-refractivity contribution in [2.75, 3.05) is 5.32 Å². The van der Waals surface area contributed by atoms with E-state index in [1.807, 2.05) is 6.92 Å². The molecule has 2 heterocycles. The Kier molecular flexibility index (Phi) is 4.51. The molecule has 1 N–H and O–H groups in total. The van der Waals surface area contributed by atoms with E-state index in [1.54, 1.807) is 16.8 Å². The van der Waals surface area contributed by atoms with E-state index < -0.39 is 0 Å². The minimum absolute atomic E-state index is 0.166. The lowest BCUT2D eigenvalue weighted by atomic mass is 9.81. The Morgan fingerprint density at radius 3 is 2.91 bits per heavy atom. The number of thiophene rings is 1. The van der Waals surface area contributed by atoms with Crippen molar-refractivity contribution < 1.29 is 4.79 Å². The fourth-order valence-electron chi connectivity index (χ4n) is 3.07. The summed E-state index contributed by atoms with van der Waals surface area (Å²) in [5.41, 5.74) is 4.20. The Balaban J connectivity index is 1.88. The average molecular weight is 345 g/mol. The van der Waals surface area contributed by atoms with E-state index in [4.69, 9.17) is 0 Å². The standard InChI is InChI=1S/C17H19N3OS2/c1-9(2)11-4-5-12-13(7-18)17(23-14(12)6-11)20-16(21)15-10(3)19-8-22-15/h8-9,11H,4-6H2,1-3H3,(H,20,21). The Hall–Kier alpha value is -1.71.